The van der Waals surface area contributed by atoms with E-state index in [1.807, 2.05) is 42.7 Å². The number of rotatable bonds is 6. The fourth-order valence-corrected chi connectivity index (χ4v) is 2.89. The third-order valence-electron chi connectivity index (χ3n) is 4.13. The number of carbonyl (C=O) groups is 2. The fraction of sp³-hybridized carbons (Fsp3) is 0.250. The molecular formula is C20H21ClN4O2. The van der Waals surface area contributed by atoms with Crippen molar-refractivity contribution in [3.05, 3.63) is 59.4 Å². The quantitative estimate of drug-likeness (QED) is 0.681. The minimum atomic E-state index is -0.220. The van der Waals surface area contributed by atoms with Crippen LogP contribution in [0, 0.1) is 5.92 Å². The van der Waals surface area contributed by atoms with Crippen molar-refractivity contribution in [3.63, 3.8) is 0 Å². The predicted molar refractivity (Wildman–Crippen MR) is 106 cm³/mol. The van der Waals surface area contributed by atoms with Gasteiger partial charge in [0.05, 0.1) is 28.3 Å². The zero-order valence-corrected chi connectivity index (χ0v) is 16.0. The first-order chi connectivity index (χ1) is 13.0. The Kier molecular flexibility index (Phi) is 5.76. The van der Waals surface area contributed by atoms with Crippen LogP contribution in [-0.2, 0) is 22.7 Å². The van der Waals surface area contributed by atoms with Gasteiger partial charge in [0.25, 0.3) is 0 Å². The number of imidazole rings is 1. The van der Waals surface area contributed by atoms with Gasteiger partial charge in [-0.25, -0.2) is 4.98 Å². The van der Waals surface area contributed by atoms with Gasteiger partial charge in [0, 0.05) is 5.92 Å². The van der Waals surface area contributed by atoms with E-state index >= 15 is 0 Å². The molecule has 0 aliphatic carbocycles. The summed E-state index contributed by atoms with van der Waals surface area (Å²) in [6.07, 6.45) is 0. The van der Waals surface area contributed by atoms with Crippen LogP contribution in [0.4, 0.5) is 5.69 Å². The molecule has 140 valence electrons. The van der Waals surface area contributed by atoms with Gasteiger partial charge in [-0.05, 0) is 24.3 Å². The average molecular weight is 385 g/mol. The first kappa shape index (κ1) is 18.9. The molecule has 0 atom stereocenters. The van der Waals surface area contributed by atoms with Gasteiger partial charge in [0.1, 0.15) is 12.4 Å². The molecule has 0 bridgehead atoms. The summed E-state index contributed by atoms with van der Waals surface area (Å²) < 4.78 is 1.81. The van der Waals surface area contributed by atoms with Crippen LogP contribution in [0.2, 0.25) is 5.02 Å². The number of halogens is 1. The van der Waals surface area contributed by atoms with Crippen LogP contribution in [0.25, 0.3) is 11.0 Å². The van der Waals surface area contributed by atoms with Crippen molar-refractivity contribution in [1.29, 1.82) is 0 Å². The van der Waals surface area contributed by atoms with Gasteiger partial charge >= 0.3 is 0 Å². The number of aromatic nitrogens is 2. The maximum absolute atomic E-state index is 12.6. The summed E-state index contributed by atoms with van der Waals surface area (Å²) >= 11 is 6.11. The lowest BCUT2D eigenvalue weighted by Gasteiger charge is -2.12. The van der Waals surface area contributed by atoms with Crippen LogP contribution in [0.3, 0.4) is 0 Å². The number of nitrogens with one attached hydrogen (secondary N) is 2. The molecular weight excluding hydrogens is 364 g/mol. The molecule has 27 heavy (non-hydrogen) atoms. The van der Waals surface area contributed by atoms with Crippen molar-refractivity contribution < 1.29 is 9.59 Å². The monoisotopic (exact) mass is 384 g/mol. The van der Waals surface area contributed by atoms with E-state index in [4.69, 9.17) is 11.6 Å². The van der Waals surface area contributed by atoms with Crippen molar-refractivity contribution in [2.24, 2.45) is 5.92 Å². The topological polar surface area (TPSA) is 76.0 Å². The summed E-state index contributed by atoms with van der Waals surface area (Å²) in [4.78, 5) is 29.0. The number of amides is 2. The van der Waals surface area contributed by atoms with Crippen molar-refractivity contribution in [2.75, 3.05) is 5.32 Å². The summed E-state index contributed by atoms with van der Waals surface area (Å²) in [5, 5.41) is 6.15. The number of benzene rings is 2. The van der Waals surface area contributed by atoms with Crippen LogP contribution in [0.1, 0.15) is 19.7 Å². The third kappa shape index (κ3) is 4.46. The Hall–Kier alpha value is -2.86. The summed E-state index contributed by atoms with van der Waals surface area (Å²) in [5.41, 5.74) is 2.17. The number of hydrogen-bond acceptors (Lipinski definition) is 3. The molecule has 3 rings (SSSR count). The molecule has 0 radical (unpaired) electrons. The molecule has 1 heterocycles. The van der Waals surface area contributed by atoms with Crippen LogP contribution in [-0.4, -0.2) is 21.4 Å². The Morgan fingerprint density at radius 3 is 2.56 bits per heavy atom. The zero-order valence-electron chi connectivity index (χ0n) is 15.2. The molecule has 2 aromatic carbocycles. The van der Waals surface area contributed by atoms with E-state index in [0.29, 0.717) is 16.5 Å². The molecule has 0 fully saturated rings. The van der Waals surface area contributed by atoms with Crippen molar-refractivity contribution in [1.82, 2.24) is 14.9 Å². The van der Waals surface area contributed by atoms with E-state index in [1.165, 1.54) is 0 Å². The first-order valence-electron chi connectivity index (χ1n) is 8.72. The van der Waals surface area contributed by atoms with Gasteiger partial charge in [-0.1, -0.05) is 49.7 Å². The Labute approximate surface area is 162 Å². The average Bonchev–Trinajstić information content (AvgIpc) is 2.99. The Bertz CT molecular complexity index is 981. The van der Waals surface area contributed by atoms with Crippen molar-refractivity contribution in [2.45, 2.75) is 26.9 Å². The lowest BCUT2D eigenvalue weighted by Crippen LogP contribution is -2.29. The van der Waals surface area contributed by atoms with Crippen LogP contribution < -0.4 is 10.6 Å². The molecule has 0 spiro atoms. The molecule has 3 aromatic rings. The molecule has 7 heteroatoms. The Balaban J connectivity index is 1.83. The highest BCUT2D eigenvalue weighted by Crippen LogP contribution is 2.21. The largest absolute Gasteiger partial charge is 0.349 e. The lowest BCUT2D eigenvalue weighted by atomic mass is 10.2. The van der Waals surface area contributed by atoms with E-state index in [0.717, 1.165) is 11.0 Å². The van der Waals surface area contributed by atoms with E-state index in [1.54, 1.807) is 24.3 Å². The fourth-order valence-electron chi connectivity index (χ4n) is 2.70. The number of carbonyl (C=O) groups excluding carboxylic acids is 2. The van der Waals surface area contributed by atoms with Crippen molar-refractivity contribution in [3.8, 4) is 0 Å². The minimum absolute atomic E-state index is 0.0610. The predicted octanol–water partition coefficient (Wildman–Crippen LogP) is 3.60. The molecule has 6 nitrogen and oxygen atoms in total. The number of para-hydroxylation sites is 3. The SMILES string of the molecule is CC(C)C(=O)NCc1nc2ccccc2n1CC(=O)Nc1ccccc1Cl. The van der Waals surface area contributed by atoms with Gasteiger partial charge in [0.15, 0.2) is 0 Å². The highest BCUT2D eigenvalue weighted by Gasteiger charge is 2.16. The van der Waals surface area contributed by atoms with Gasteiger partial charge in [-0.2, -0.15) is 0 Å². The maximum atomic E-state index is 12.6. The standard InChI is InChI=1S/C20H21ClN4O2/c1-13(2)20(27)22-11-18-23-16-9-5-6-10-17(16)25(18)12-19(26)24-15-8-4-3-7-14(15)21/h3-10,13H,11-12H2,1-2H3,(H,22,27)(H,24,26). The maximum Gasteiger partial charge on any atom is 0.244 e. The number of nitrogens with zero attached hydrogens (tertiary/aromatic N) is 2. The number of fused-ring (bicyclic) bond motifs is 1. The van der Waals surface area contributed by atoms with E-state index in [9.17, 15) is 9.59 Å². The highest BCUT2D eigenvalue weighted by molar-refractivity contribution is 6.33. The van der Waals surface area contributed by atoms with Gasteiger partial charge in [0.2, 0.25) is 11.8 Å². The van der Waals surface area contributed by atoms with Gasteiger partial charge in [-0.3, -0.25) is 9.59 Å². The molecule has 2 N–H and O–H groups in total. The van der Waals surface area contributed by atoms with E-state index in [-0.39, 0.29) is 30.8 Å². The van der Waals surface area contributed by atoms with Gasteiger partial charge < -0.3 is 15.2 Å². The second-order valence-corrected chi connectivity index (χ2v) is 6.91. The minimum Gasteiger partial charge on any atom is -0.349 e. The number of anilines is 1. The summed E-state index contributed by atoms with van der Waals surface area (Å²) in [6, 6.07) is 14.6. The molecule has 1 aromatic heterocycles. The summed E-state index contributed by atoms with van der Waals surface area (Å²) in [6.45, 7) is 3.98. The third-order valence-corrected chi connectivity index (χ3v) is 4.46. The smallest absolute Gasteiger partial charge is 0.244 e. The highest BCUT2D eigenvalue weighted by atomic mass is 35.5. The van der Waals surface area contributed by atoms with Crippen LogP contribution >= 0.6 is 11.6 Å². The molecule has 0 saturated carbocycles. The molecule has 0 aliphatic heterocycles. The Morgan fingerprint density at radius 2 is 1.81 bits per heavy atom. The summed E-state index contributed by atoms with van der Waals surface area (Å²) in [7, 11) is 0. The molecule has 2 amide bonds. The Morgan fingerprint density at radius 1 is 1.11 bits per heavy atom. The number of hydrogen-bond donors (Lipinski definition) is 2. The van der Waals surface area contributed by atoms with E-state index < -0.39 is 0 Å². The van der Waals surface area contributed by atoms with E-state index in [2.05, 4.69) is 15.6 Å². The summed E-state index contributed by atoms with van der Waals surface area (Å²) in [5.74, 6) is 0.225. The van der Waals surface area contributed by atoms with Gasteiger partial charge in [-0.15, -0.1) is 0 Å². The van der Waals surface area contributed by atoms with Crippen LogP contribution in [0.15, 0.2) is 48.5 Å². The second-order valence-electron chi connectivity index (χ2n) is 6.50. The molecule has 0 aliphatic rings. The second kappa shape index (κ2) is 8.22. The normalized spacial score (nSPS) is 11.0. The lowest BCUT2D eigenvalue weighted by molar-refractivity contribution is -0.124. The zero-order chi connectivity index (χ0) is 19.4. The molecule has 0 saturated heterocycles. The van der Waals surface area contributed by atoms with Crippen molar-refractivity contribution >= 4 is 40.1 Å². The molecule has 0 unspecified atom stereocenters. The first-order valence-corrected chi connectivity index (χ1v) is 9.09. The van der Waals surface area contributed by atoms with Crippen LogP contribution in [0.5, 0.6) is 0 Å².